The van der Waals surface area contributed by atoms with Crippen LogP contribution in [-0.2, 0) is 29.0 Å². The second kappa shape index (κ2) is 15.1. The Bertz CT molecular complexity index is 1380. The van der Waals surface area contributed by atoms with Gasteiger partial charge in [0.05, 0.1) is 22.1 Å². The molecule has 276 valence electrons. The zero-order chi connectivity index (χ0) is 36.4. The zero-order valence-corrected chi connectivity index (χ0v) is 31.2. The van der Waals surface area contributed by atoms with Crippen molar-refractivity contribution < 1.29 is 32.4 Å². The molecule has 1 unspecified atom stereocenters. The van der Waals surface area contributed by atoms with Crippen LogP contribution >= 0.6 is 0 Å². The van der Waals surface area contributed by atoms with Crippen LogP contribution in [0.25, 0.3) is 0 Å². The van der Waals surface area contributed by atoms with Crippen molar-refractivity contribution in [3.8, 4) is 0 Å². The molecular formula is C36H59N5O7S. The van der Waals surface area contributed by atoms with Crippen molar-refractivity contribution in [2.45, 2.75) is 141 Å². The van der Waals surface area contributed by atoms with Crippen molar-refractivity contribution in [1.82, 2.24) is 26.2 Å². The molecule has 4 atom stereocenters. The molecule has 1 heterocycles. The predicted octanol–water partition coefficient (Wildman–Crippen LogP) is 3.40. The number of amides is 5. The summed E-state index contributed by atoms with van der Waals surface area (Å²) in [6.07, 6.45) is 9.74. The van der Waals surface area contributed by atoms with Gasteiger partial charge in [-0.3, -0.25) is 19.2 Å². The van der Waals surface area contributed by atoms with E-state index in [4.69, 9.17) is 0 Å². The number of nitrogens with zero attached hydrogens (tertiary/aromatic N) is 1. The van der Waals surface area contributed by atoms with Gasteiger partial charge >= 0.3 is 6.03 Å². The van der Waals surface area contributed by atoms with E-state index in [0.29, 0.717) is 38.1 Å². The average molecular weight is 706 g/mol. The van der Waals surface area contributed by atoms with E-state index < -0.39 is 73.2 Å². The quantitative estimate of drug-likeness (QED) is 0.159. The molecule has 0 spiro atoms. The smallest absolute Gasteiger partial charge is 0.315 e. The van der Waals surface area contributed by atoms with Crippen molar-refractivity contribution in [2.75, 3.05) is 18.8 Å². The van der Waals surface area contributed by atoms with Gasteiger partial charge in [0.15, 0.2) is 9.84 Å². The lowest BCUT2D eigenvalue weighted by atomic mass is 9.83. The van der Waals surface area contributed by atoms with Crippen LogP contribution in [0.15, 0.2) is 12.7 Å². The van der Waals surface area contributed by atoms with Crippen molar-refractivity contribution in [1.29, 1.82) is 0 Å². The van der Waals surface area contributed by atoms with E-state index in [1.165, 1.54) is 6.08 Å². The number of urea groups is 1. The van der Waals surface area contributed by atoms with Gasteiger partial charge in [0.1, 0.15) is 12.1 Å². The summed E-state index contributed by atoms with van der Waals surface area (Å²) in [5.74, 6) is -1.80. The summed E-state index contributed by atoms with van der Waals surface area (Å²) in [7, 11) is -3.56. The second-order valence-electron chi connectivity index (χ2n) is 17.1. The van der Waals surface area contributed by atoms with E-state index in [1.54, 1.807) is 25.7 Å². The number of Topliss-reactive ketones (excluding diaryl/α,β-unsaturated/α-hetero) is 1. The maximum atomic E-state index is 14.5. The lowest BCUT2D eigenvalue weighted by Crippen LogP contribution is -2.63. The highest BCUT2D eigenvalue weighted by Gasteiger charge is 2.50. The second-order valence-corrected chi connectivity index (χ2v) is 19.8. The summed E-state index contributed by atoms with van der Waals surface area (Å²) in [5, 5.41) is 11.2. The molecule has 1 aliphatic heterocycles. The Labute approximate surface area is 292 Å². The van der Waals surface area contributed by atoms with Gasteiger partial charge in [-0.1, -0.05) is 59.0 Å². The average Bonchev–Trinajstić information content (AvgIpc) is 3.95. The highest BCUT2D eigenvalue weighted by atomic mass is 32.2. The molecule has 0 aromatic heterocycles. The summed E-state index contributed by atoms with van der Waals surface area (Å²) in [6.45, 7) is 14.5. The number of nitrogens with one attached hydrogen (secondary N) is 4. The fourth-order valence-corrected chi connectivity index (χ4v) is 8.72. The number of likely N-dealkylation sites (tertiary alicyclic amines) is 1. The van der Waals surface area contributed by atoms with Crippen LogP contribution in [-0.4, -0.2) is 90.1 Å². The van der Waals surface area contributed by atoms with E-state index in [2.05, 4.69) is 27.8 Å². The molecule has 3 saturated carbocycles. The highest BCUT2D eigenvalue weighted by Crippen LogP contribution is 2.44. The summed E-state index contributed by atoms with van der Waals surface area (Å²) in [4.78, 5) is 69.4. The Hall–Kier alpha value is -2.96. The summed E-state index contributed by atoms with van der Waals surface area (Å²) >= 11 is 0. The van der Waals surface area contributed by atoms with Gasteiger partial charge in [0.25, 0.3) is 5.91 Å². The Kier molecular flexibility index (Phi) is 12.0. The Morgan fingerprint density at radius 1 is 0.918 bits per heavy atom. The van der Waals surface area contributed by atoms with Crippen molar-refractivity contribution in [3.63, 3.8) is 0 Å². The van der Waals surface area contributed by atoms with Crippen LogP contribution < -0.4 is 21.3 Å². The highest BCUT2D eigenvalue weighted by molar-refractivity contribution is 7.92. The number of carbonyl (C=O) groups is 5. The molecule has 4 N–H and O–H groups in total. The Morgan fingerprint density at radius 2 is 1.55 bits per heavy atom. The zero-order valence-electron chi connectivity index (χ0n) is 30.4. The maximum absolute atomic E-state index is 14.5. The third-order valence-corrected chi connectivity index (χ3v) is 13.5. The van der Waals surface area contributed by atoms with Crippen molar-refractivity contribution in [2.24, 2.45) is 23.2 Å². The van der Waals surface area contributed by atoms with E-state index in [-0.39, 0.29) is 24.1 Å². The number of rotatable bonds is 14. The van der Waals surface area contributed by atoms with E-state index in [0.717, 1.165) is 44.9 Å². The first-order chi connectivity index (χ1) is 22.8. The van der Waals surface area contributed by atoms with Crippen molar-refractivity contribution >= 4 is 39.4 Å². The predicted molar refractivity (Wildman–Crippen MR) is 188 cm³/mol. The van der Waals surface area contributed by atoms with Crippen LogP contribution in [0.4, 0.5) is 4.79 Å². The van der Waals surface area contributed by atoms with Gasteiger partial charge in [0, 0.05) is 13.1 Å². The molecule has 5 amide bonds. The Morgan fingerprint density at radius 3 is 2.08 bits per heavy atom. The minimum atomic E-state index is -3.56. The van der Waals surface area contributed by atoms with Gasteiger partial charge in [-0.25, -0.2) is 13.2 Å². The first kappa shape index (κ1) is 38.8. The van der Waals surface area contributed by atoms with E-state index in [1.807, 2.05) is 20.8 Å². The lowest BCUT2D eigenvalue weighted by molar-refractivity contribution is -0.143. The summed E-state index contributed by atoms with van der Waals surface area (Å²) in [6, 6.07) is -3.49. The van der Waals surface area contributed by atoms with Gasteiger partial charge in [0.2, 0.25) is 17.6 Å². The molecule has 4 rings (SSSR count). The van der Waals surface area contributed by atoms with Crippen molar-refractivity contribution in [3.05, 3.63) is 12.7 Å². The van der Waals surface area contributed by atoms with Gasteiger partial charge in [-0.05, 0) is 82.5 Å². The standard InChI is InChI=1S/C36H59N5O7S/c1-8-18-37-31(44)28(42)26(19-23-12-13-23)38-30(43)27-20-25(24-14-15-24)21-41(27)32(45)29(34(2,3)4)39-33(46)40-36(16-10-9-11-17-36)22-49(47,48)35(5,6)7/h8,23-27,29H,1,9-22H2,2-7H3,(H,37,44)(H,38,43)(H2,39,40,46)/t25-,26?,27+,29-/m1/s1. The fraction of sp³-hybridized carbons (Fsp3) is 0.806. The molecule has 49 heavy (non-hydrogen) atoms. The minimum Gasteiger partial charge on any atom is -0.346 e. The maximum Gasteiger partial charge on any atom is 0.315 e. The van der Waals surface area contributed by atoms with Crippen LogP contribution in [0.2, 0.25) is 0 Å². The molecule has 0 radical (unpaired) electrons. The molecule has 3 aliphatic carbocycles. The minimum absolute atomic E-state index is 0.107. The lowest BCUT2D eigenvalue weighted by Gasteiger charge is -2.41. The van der Waals surface area contributed by atoms with Gasteiger partial charge in [-0.15, -0.1) is 6.58 Å². The summed E-state index contributed by atoms with van der Waals surface area (Å²) in [5.41, 5.74) is -1.70. The topological polar surface area (TPSA) is 171 Å². The fourth-order valence-electron chi connectivity index (χ4n) is 7.20. The van der Waals surface area contributed by atoms with E-state index in [9.17, 15) is 32.4 Å². The molecule has 0 aromatic rings. The molecular weight excluding hydrogens is 646 g/mol. The van der Waals surface area contributed by atoms with E-state index >= 15 is 0 Å². The van der Waals surface area contributed by atoms with Crippen LogP contribution in [0.5, 0.6) is 0 Å². The van der Waals surface area contributed by atoms with Gasteiger partial charge < -0.3 is 26.2 Å². The molecule has 13 heteroatoms. The molecule has 4 aliphatic rings. The summed E-state index contributed by atoms with van der Waals surface area (Å²) < 4.78 is 25.6. The molecule has 1 saturated heterocycles. The van der Waals surface area contributed by atoms with Crippen LogP contribution in [0.1, 0.15) is 112 Å². The van der Waals surface area contributed by atoms with Gasteiger partial charge in [-0.2, -0.15) is 0 Å². The first-order valence-electron chi connectivity index (χ1n) is 18.1. The largest absolute Gasteiger partial charge is 0.346 e. The normalized spacial score (nSPS) is 23.9. The number of hydrogen-bond acceptors (Lipinski definition) is 7. The number of ketones is 1. The number of hydrogen-bond donors (Lipinski definition) is 4. The number of carbonyl (C=O) groups excluding carboxylic acids is 5. The third-order valence-electron chi connectivity index (χ3n) is 10.7. The molecule has 12 nitrogen and oxygen atoms in total. The van der Waals surface area contributed by atoms with Crippen LogP contribution in [0, 0.1) is 23.2 Å². The SMILES string of the molecule is C=CCNC(=O)C(=O)C(CC1CC1)NC(=O)[C@@H]1C[C@@H](C2CC2)CN1C(=O)[C@@H](NC(=O)NC1(CS(=O)(=O)C(C)(C)C)CCCCC1)C(C)(C)C. The first-order valence-corrected chi connectivity index (χ1v) is 19.8. The Balaban J connectivity index is 1.53. The molecule has 0 bridgehead atoms. The van der Waals surface area contributed by atoms with Crippen LogP contribution in [0.3, 0.4) is 0 Å². The monoisotopic (exact) mass is 705 g/mol. The third kappa shape index (κ3) is 10.1. The molecule has 0 aromatic carbocycles. The molecule has 4 fully saturated rings. The number of sulfone groups is 1.